The van der Waals surface area contributed by atoms with E-state index in [2.05, 4.69) is 10.1 Å². The van der Waals surface area contributed by atoms with Crippen molar-refractivity contribution in [2.75, 3.05) is 13.7 Å². The molecule has 0 radical (unpaired) electrons. The number of rotatable bonds is 6. The molecule has 0 atom stereocenters. The van der Waals surface area contributed by atoms with E-state index in [1.165, 1.54) is 37.4 Å². The van der Waals surface area contributed by atoms with Crippen LogP contribution in [0.5, 0.6) is 5.75 Å². The summed E-state index contributed by atoms with van der Waals surface area (Å²) in [6, 6.07) is 10.2. The Morgan fingerprint density at radius 1 is 1.17 bits per heavy atom. The fourth-order valence-electron chi connectivity index (χ4n) is 1.89. The third kappa shape index (κ3) is 4.96. The van der Waals surface area contributed by atoms with Gasteiger partial charge in [0.25, 0.3) is 5.91 Å². The zero-order chi connectivity index (χ0) is 17.5. The van der Waals surface area contributed by atoms with Crippen molar-refractivity contribution in [3.05, 3.63) is 64.4 Å². The molecule has 2 aromatic rings. The summed E-state index contributed by atoms with van der Waals surface area (Å²) in [6.45, 7) is -0.0621. The highest BCUT2D eigenvalue weighted by molar-refractivity contribution is 6.30. The lowest BCUT2D eigenvalue weighted by Crippen LogP contribution is -2.28. The van der Waals surface area contributed by atoms with Crippen LogP contribution in [0.3, 0.4) is 0 Å². The van der Waals surface area contributed by atoms with Crippen LogP contribution in [-0.2, 0) is 16.1 Å². The molecule has 0 unspecified atom stereocenters. The van der Waals surface area contributed by atoms with Gasteiger partial charge in [-0.25, -0.2) is 9.18 Å². The Morgan fingerprint density at radius 2 is 1.88 bits per heavy atom. The zero-order valence-electron chi connectivity index (χ0n) is 12.8. The molecule has 1 amide bonds. The predicted octanol–water partition coefficient (Wildman–Crippen LogP) is 2.96. The van der Waals surface area contributed by atoms with Gasteiger partial charge in [-0.3, -0.25) is 4.79 Å². The highest BCUT2D eigenvalue weighted by Crippen LogP contribution is 2.24. The minimum absolute atomic E-state index is 0.159. The van der Waals surface area contributed by atoms with Gasteiger partial charge in [-0.1, -0.05) is 23.7 Å². The molecule has 126 valence electrons. The topological polar surface area (TPSA) is 64.6 Å². The Bertz CT molecular complexity index is 734. The molecule has 0 aliphatic heterocycles. The van der Waals surface area contributed by atoms with E-state index in [0.717, 1.165) is 5.56 Å². The maximum atomic E-state index is 12.8. The lowest BCUT2D eigenvalue weighted by Gasteiger charge is -2.11. The lowest BCUT2D eigenvalue weighted by molar-refractivity contribution is -0.123. The van der Waals surface area contributed by atoms with E-state index in [0.29, 0.717) is 5.02 Å². The fourth-order valence-corrected chi connectivity index (χ4v) is 2.05. The Balaban J connectivity index is 1.92. The highest BCUT2D eigenvalue weighted by Gasteiger charge is 2.14. The van der Waals surface area contributed by atoms with E-state index in [9.17, 15) is 14.0 Å². The number of halogens is 2. The van der Waals surface area contributed by atoms with E-state index in [1.807, 2.05) is 0 Å². The number of carbonyl (C=O) groups excluding carboxylic acids is 2. The molecule has 0 saturated heterocycles. The van der Waals surface area contributed by atoms with Crippen LogP contribution in [0.4, 0.5) is 4.39 Å². The normalized spacial score (nSPS) is 10.1. The molecule has 2 aromatic carbocycles. The molecule has 0 aromatic heterocycles. The van der Waals surface area contributed by atoms with Gasteiger partial charge in [0.1, 0.15) is 17.1 Å². The van der Waals surface area contributed by atoms with Crippen LogP contribution >= 0.6 is 11.6 Å². The molecule has 0 fully saturated rings. The van der Waals surface area contributed by atoms with Gasteiger partial charge in [-0.15, -0.1) is 0 Å². The van der Waals surface area contributed by atoms with Crippen LogP contribution in [0.2, 0.25) is 5.02 Å². The number of esters is 1. The Labute approximate surface area is 143 Å². The second-order valence-electron chi connectivity index (χ2n) is 4.82. The lowest BCUT2D eigenvalue weighted by atomic mass is 10.2. The molecule has 0 saturated carbocycles. The van der Waals surface area contributed by atoms with Crippen molar-refractivity contribution in [2.24, 2.45) is 0 Å². The standard InChI is InChI=1S/C17H15ClFNO4/c1-23-17(22)14-7-4-12(18)8-15(14)24-10-16(21)20-9-11-2-5-13(19)6-3-11/h2-8H,9-10H2,1H3,(H,20,21). The SMILES string of the molecule is COC(=O)c1ccc(Cl)cc1OCC(=O)NCc1ccc(F)cc1. The quantitative estimate of drug-likeness (QED) is 0.813. The Kier molecular flexibility index (Phi) is 6.14. The van der Waals surface area contributed by atoms with Crippen molar-refractivity contribution in [1.82, 2.24) is 5.32 Å². The maximum Gasteiger partial charge on any atom is 0.341 e. The maximum absolute atomic E-state index is 12.8. The summed E-state index contributed by atoms with van der Waals surface area (Å²) < 4.78 is 22.8. The van der Waals surface area contributed by atoms with Crippen LogP contribution in [0, 0.1) is 5.82 Å². The molecule has 7 heteroatoms. The molecule has 0 bridgehead atoms. The number of hydrogen-bond donors (Lipinski definition) is 1. The first kappa shape index (κ1) is 17.7. The minimum Gasteiger partial charge on any atom is -0.483 e. The van der Waals surface area contributed by atoms with Gasteiger partial charge in [0.15, 0.2) is 6.61 Å². The van der Waals surface area contributed by atoms with Gasteiger partial charge in [0.2, 0.25) is 0 Å². The van der Waals surface area contributed by atoms with Gasteiger partial charge < -0.3 is 14.8 Å². The van der Waals surface area contributed by atoms with E-state index in [1.54, 1.807) is 12.1 Å². The third-order valence-corrected chi connectivity index (χ3v) is 3.35. The van der Waals surface area contributed by atoms with Crippen LogP contribution in [0.25, 0.3) is 0 Å². The predicted molar refractivity (Wildman–Crippen MR) is 86.5 cm³/mol. The van der Waals surface area contributed by atoms with Gasteiger partial charge in [0, 0.05) is 11.6 Å². The summed E-state index contributed by atoms with van der Waals surface area (Å²) >= 11 is 5.87. The monoisotopic (exact) mass is 351 g/mol. The molecule has 1 N–H and O–H groups in total. The number of methoxy groups -OCH3 is 1. The second-order valence-corrected chi connectivity index (χ2v) is 5.26. The van der Waals surface area contributed by atoms with Crippen LogP contribution < -0.4 is 10.1 Å². The molecular formula is C17H15ClFNO4. The van der Waals surface area contributed by atoms with Crippen LogP contribution in [0.1, 0.15) is 15.9 Å². The summed E-state index contributed by atoms with van der Waals surface area (Å²) in [5, 5.41) is 3.00. The number of ether oxygens (including phenoxy) is 2. The number of benzene rings is 2. The third-order valence-electron chi connectivity index (χ3n) is 3.11. The largest absolute Gasteiger partial charge is 0.483 e. The minimum atomic E-state index is -0.589. The molecular weight excluding hydrogens is 337 g/mol. The van der Waals surface area contributed by atoms with Crippen molar-refractivity contribution in [1.29, 1.82) is 0 Å². The van der Waals surface area contributed by atoms with E-state index in [-0.39, 0.29) is 30.3 Å². The first-order chi connectivity index (χ1) is 11.5. The van der Waals surface area contributed by atoms with E-state index >= 15 is 0 Å². The van der Waals surface area contributed by atoms with Gasteiger partial charge in [0.05, 0.1) is 7.11 Å². The van der Waals surface area contributed by atoms with Crippen molar-refractivity contribution >= 4 is 23.5 Å². The summed E-state index contributed by atoms with van der Waals surface area (Å²) in [6.07, 6.45) is 0. The fraction of sp³-hybridized carbons (Fsp3) is 0.176. The smallest absolute Gasteiger partial charge is 0.341 e. The second kappa shape index (κ2) is 8.31. The van der Waals surface area contributed by atoms with Gasteiger partial charge in [-0.05, 0) is 35.9 Å². The number of amides is 1. The summed E-state index contributed by atoms with van der Waals surface area (Å²) in [4.78, 5) is 23.5. The molecule has 0 spiro atoms. The first-order valence-corrected chi connectivity index (χ1v) is 7.39. The molecule has 5 nitrogen and oxygen atoms in total. The van der Waals surface area contributed by atoms with E-state index in [4.69, 9.17) is 16.3 Å². The molecule has 24 heavy (non-hydrogen) atoms. The zero-order valence-corrected chi connectivity index (χ0v) is 13.6. The first-order valence-electron chi connectivity index (χ1n) is 7.01. The molecule has 0 aliphatic rings. The van der Waals surface area contributed by atoms with Crippen molar-refractivity contribution < 1.29 is 23.5 Å². The molecule has 0 aliphatic carbocycles. The summed E-state index contributed by atoms with van der Waals surface area (Å²) in [5.74, 6) is -1.17. The summed E-state index contributed by atoms with van der Waals surface area (Å²) in [7, 11) is 1.25. The molecule has 0 heterocycles. The Morgan fingerprint density at radius 3 is 2.54 bits per heavy atom. The van der Waals surface area contributed by atoms with Crippen molar-refractivity contribution in [2.45, 2.75) is 6.54 Å². The number of nitrogens with one attached hydrogen (secondary N) is 1. The Hall–Kier alpha value is -2.60. The summed E-state index contributed by atoms with van der Waals surface area (Å²) in [5.41, 5.74) is 0.927. The van der Waals surface area contributed by atoms with E-state index < -0.39 is 11.9 Å². The average molecular weight is 352 g/mol. The van der Waals surface area contributed by atoms with Gasteiger partial charge in [-0.2, -0.15) is 0 Å². The number of hydrogen-bond acceptors (Lipinski definition) is 4. The average Bonchev–Trinajstić information content (AvgIpc) is 2.59. The molecule has 2 rings (SSSR count). The van der Waals surface area contributed by atoms with Crippen LogP contribution in [0.15, 0.2) is 42.5 Å². The van der Waals surface area contributed by atoms with Gasteiger partial charge >= 0.3 is 5.97 Å². The van der Waals surface area contributed by atoms with Crippen LogP contribution in [-0.4, -0.2) is 25.6 Å². The highest BCUT2D eigenvalue weighted by atomic mass is 35.5. The van der Waals surface area contributed by atoms with Crippen molar-refractivity contribution in [3.8, 4) is 5.75 Å². The number of carbonyl (C=O) groups is 2. The van der Waals surface area contributed by atoms with Crippen molar-refractivity contribution in [3.63, 3.8) is 0 Å².